The van der Waals surface area contributed by atoms with Crippen LogP contribution in [0.1, 0.15) is 59.8 Å². The zero-order valence-electron chi connectivity index (χ0n) is 15.1. The molecule has 0 unspecified atom stereocenters. The monoisotopic (exact) mass is 442 g/mol. The molecule has 0 atom stereocenters. The van der Waals surface area contributed by atoms with Crippen LogP contribution in [0.2, 0.25) is 0 Å². The Labute approximate surface area is 158 Å². The molecular formula is C16H35IN4O2. The number of amides is 1. The molecule has 6 nitrogen and oxygen atoms in total. The van der Waals surface area contributed by atoms with E-state index in [2.05, 4.69) is 34.8 Å². The van der Waals surface area contributed by atoms with Gasteiger partial charge in [-0.05, 0) is 26.2 Å². The number of carbonyl (C=O) groups excluding carboxylic acids is 1. The Hall–Kier alpha value is -0.570. The fourth-order valence-corrected chi connectivity index (χ4v) is 2.29. The van der Waals surface area contributed by atoms with Gasteiger partial charge in [0, 0.05) is 19.6 Å². The van der Waals surface area contributed by atoms with Crippen LogP contribution in [0.25, 0.3) is 0 Å². The molecule has 7 heteroatoms. The maximum Gasteiger partial charge on any atom is 0.241 e. The quantitative estimate of drug-likeness (QED) is 0.224. The molecule has 0 saturated carbocycles. The van der Waals surface area contributed by atoms with Crippen LogP contribution in [0.15, 0.2) is 4.99 Å². The highest BCUT2D eigenvalue weighted by Gasteiger charge is 2.24. The molecule has 0 radical (unpaired) electrons. The van der Waals surface area contributed by atoms with Gasteiger partial charge in [-0.2, -0.15) is 0 Å². The van der Waals surface area contributed by atoms with Gasteiger partial charge in [0.15, 0.2) is 5.96 Å². The molecule has 138 valence electrons. The summed E-state index contributed by atoms with van der Waals surface area (Å²) < 4.78 is 0. The molecule has 23 heavy (non-hydrogen) atoms. The van der Waals surface area contributed by atoms with E-state index in [-0.39, 0.29) is 36.4 Å². The van der Waals surface area contributed by atoms with E-state index in [4.69, 9.17) is 0 Å². The Morgan fingerprint density at radius 1 is 1.00 bits per heavy atom. The Balaban J connectivity index is 0. The maximum absolute atomic E-state index is 11.6. The highest BCUT2D eigenvalue weighted by Crippen LogP contribution is 2.18. The second kappa shape index (κ2) is 15.0. The van der Waals surface area contributed by atoms with Crippen molar-refractivity contribution in [3.05, 3.63) is 0 Å². The third kappa shape index (κ3) is 12.5. The molecule has 0 aliphatic rings. The first-order valence-corrected chi connectivity index (χ1v) is 8.52. The van der Waals surface area contributed by atoms with Crippen molar-refractivity contribution < 1.29 is 9.90 Å². The van der Waals surface area contributed by atoms with Crippen molar-refractivity contribution in [1.82, 2.24) is 16.0 Å². The van der Waals surface area contributed by atoms with Gasteiger partial charge in [-0.15, -0.1) is 24.0 Å². The Bertz CT molecular complexity index is 332. The fourth-order valence-electron chi connectivity index (χ4n) is 2.29. The van der Waals surface area contributed by atoms with E-state index >= 15 is 0 Å². The smallest absolute Gasteiger partial charge is 0.241 e. The number of carbonyl (C=O) groups is 1. The van der Waals surface area contributed by atoms with E-state index in [0.29, 0.717) is 25.6 Å². The van der Waals surface area contributed by atoms with Crippen LogP contribution in [0.3, 0.4) is 0 Å². The third-order valence-electron chi connectivity index (χ3n) is 3.31. The van der Waals surface area contributed by atoms with E-state index in [0.717, 1.165) is 32.1 Å². The van der Waals surface area contributed by atoms with Gasteiger partial charge in [0.1, 0.15) is 6.54 Å². The van der Waals surface area contributed by atoms with Gasteiger partial charge < -0.3 is 21.1 Å². The predicted octanol–water partition coefficient (Wildman–Crippen LogP) is 2.02. The summed E-state index contributed by atoms with van der Waals surface area (Å²) in [5.74, 6) is 0.483. The van der Waals surface area contributed by atoms with Gasteiger partial charge in [-0.1, -0.05) is 33.6 Å². The van der Waals surface area contributed by atoms with Crippen LogP contribution in [-0.2, 0) is 4.79 Å². The second-order valence-corrected chi connectivity index (χ2v) is 5.62. The summed E-state index contributed by atoms with van der Waals surface area (Å²) in [6.07, 6.45) is 4.29. The average Bonchev–Trinajstić information content (AvgIpc) is 2.48. The lowest BCUT2D eigenvalue weighted by molar-refractivity contribution is -0.119. The summed E-state index contributed by atoms with van der Waals surface area (Å²) in [5, 5.41) is 19.6. The van der Waals surface area contributed by atoms with E-state index in [1.807, 2.05) is 13.8 Å². The minimum absolute atomic E-state index is 0. The van der Waals surface area contributed by atoms with Gasteiger partial charge in [0.05, 0.1) is 5.60 Å². The van der Waals surface area contributed by atoms with Crippen LogP contribution in [0.5, 0.6) is 0 Å². The standard InChI is InChI=1S/C16H34N4O2.HI/c1-5-9-16(22,10-6-2)13-20-15(17-8-4)19-12-14(21)18-11-7-3;/h22H,5-13H2,1-4H3,(H,18,21)(H2,17,19,20);1H. The highest BCUT2D eigenvalue weighted by molar-refractivity contribution is 14.0. The third-order valence-corrected chi connectivity index (χ3v) is 3.31. The molecule has 0 rings (SSSR count). The summed E-state index contributed by atoms with van der Waals surface area (Å²) in [7, 11) is 0. The maximum atomic E-state index is 11.6. The zero-order valence-corrected chi connectivity index (χ0v) is 17.4. The lowest BCUT2D eigenvalue weighted by atomic mass is 9.93. The van der Waals surface area contributed by atoms with Crippen molar-refractivity contribution in [3.8, 4) is 0 Å². The number of aliphatic imine (C=N–C) groups is 1. The number of nitrogens with zero attached hydrogens (tertiary/aromatic N) is 1. The summed E-state index contributed by atoms with van der Waals surface area (Å²) >= 11 is 0. The van der Waals surface area contributed by atoms with E-state index < -0.39 is 5.60 Å². The number of hydrogen-bond donors (Lipinski definition) is 4. The summed E-state index contributed by atoms with van der Waals surface area (Å²) in [6, 6.07) is 0. The summed E-state index contributed by atoms with van der Waals surface area (Å²) in [5.41, 5.74) is -0.718. The first kappa shape index (κ1) is 24.7. The van der Waals surface area contributed by atoms with Crippen LogP contribution < -0.4 is 16.0 Å². The second-order valence-electron chi connectivity index (χ2n) is 5.62. The Kier molecular flexibility index (Phi) is 16.1. The number of aliphatic hydroxyl groups is 1. The van der Waals surface area contributed by atoms with Gasteiger partial charge in [0.2, 0.25) is 5.91 Å². The number of hydrogen-bond acceptors (Lipinski definition) is 3. The van der Waals surface area contributed by atoms with Crippen LogP contribution in [-0.4, -0.2) is 48.8 Å². The molecule has 0 aliphatic carbocycles. The lowest BCUT2D eigenvalue weighted by Crippen LogP contribution is -2.47. The minimum Gasteiger partial charge on any atom is -0.388 e. The van der Waals surface area contributed by atoms with Crippen molar-refractivity contribution in [3.63, 3.8) is 0 Å². The predicted molar refractivity (Wildman–Crippen MR) is 107 cm³/mol. The van der Waals surface area contributed by atoms with Crippen LogP contribution >= 0.6 is 24.0 Å². The van der Waals surface area contributed by atoms with Gasteiger partial charge in [0.25, 0.3) is 0 Å². The Morgan fingerprint density at radius 3 is 2.09 bits per heavy atom. The molecule has 0 saturated heterocycles. The van der Waals surface area contributed by atoms with Crippen molar-refractivity contribution in [2.24, 2.45) is 4.99 Å². The molecule has 1 amide bonds. The molecule has 0 heterocycles. The SMILES string of the molecule is CCCNC(=O)CN=C(NCC)NCC(O)(CCC)CCC.I. The minimum atomic E-state index is -0.718. The Morgan fingerprint density at radius 2 is 1.61 bits per heavy atom. The topological polar surface area (TPSA) is 85.8 Å². The molecule has 0 bridgehead atoms. The van der Waals surface area contributed by atoms with E-state index in [1.165, 1.54) is 0 Å². The summed E-state index contributed by atoms with van der Waals surface area (Å²) in [4.78, 5) is 15.9. The molecule has 0 spiro atoms. The first-order valence-electron chi connectivity index (χ1n) is 8.52. The molecule has 0 aromatic carbocycles. The van der Waals surface area contributed by atoms with Crippen molar-refractivity contribution in [1.29, 1.82) is 0 Å². The van der Waals surface area contributed by atoms with Crippen molar-refractivity contribution in [2.75, 3.05) is 26.2 Å². The summed E-state index contributed by atoms with van der Waals surface area (Å²) in [6.45, 7) is 10.0. The van der Waals surface area contributed by atoms with E-state index in [9.17, 15) is 9.90 Å². The zero-order chi connectivity index (χ0) is 16.8. The van der Waals surface area contributed by atoms with E-state index in [1.54, 1.807) is 0 Å². The van der Waals surface area contributed by atoms with Crippen molar-refractivity contribution in [2.45, 2.75) is 65.4 Å². The van der Waals surface area contributed by atoms with Gasteiger partial charge in [-0.3, -0.25) is 4.79 Å². The largest absolute Gasteiger partial charge is 0.388 e. The van der Waals surface area contributed by atoms with Crippen molar-refractivity contribution >= 4 is 35.8 Å². The lowest BCUT2D eigenvalue weighted by Gasteiger charge is -2.28. The first-order chi connectivity index (χ1) is 10.5. The molecule has 0 aliphatic heterocycles. The molecule has 4 N–H and O–H groups in total. The highest BCUT2D eigenvalue weighted by atomic mass is 127. The number of rotatable bonds is 11. The molecule has 0 aromatic heterocycles. The molecule has 0 aromatic rings. The average molecular weight is 442 g/mol. The van der Waals surface area contributed by atoms with Crippen LogP contribution in [0.4, 0.5) is 0 Å². The number of guanidine groups is 1. The number of halogens is 1. The number of nitrogens with one attached hydrogen (secondary N) is 3. The van der Waals surface area contributed by atoms with Gasteiger partial charge in [-0.25, -0.2) is 4.99 Å². The normalized spacial score (nSPS) is 11.6. The van der Waals surface area contributed by atoms with Crippen LogP contribution in [0, 0.1) is 0 Å². The van der Waals surface area contributed by atoms with Gasteiger partial charge >= 0.3 is 0 Å². The fraction of sp³-hybridized carbons (Fsp3) is 0.875. The molecular weight excluding hydrogens is 407 g/mol. The molecule has 0 fully saturated rings.